The van der Waals surface area contributed by atoms with Crippen LogP contribution in [0, 0.1) is 13.8 Å². The maximum atomic E-state index is 12.1. The molecule has 200 valence electrons. The lowest BCUT2D eigenvalue weighted by Gasteiger charge is -2.12. The summed E-state index contributed by atoms with van der Waals surface area (Å²) in [4.78, 5) is 17.1. The zero-order chi connectivity index (χ0) is 26.7. The van der Waals surface area contributed by atoms with Gasteiger partial charge in [0.2, 0.25) is 5.91 Å². The van der Waals surface area contributed by atoms with Gasteiger partial charge in [-0.3, -0.25) is 4.79 Å². The Morgan fingerprint density at radius 3 is 2.45 bits per heavy atom. The standard InChI is InChI=1S/C32H38ClN3O2/c1-24-22-27(23-25(2)32(24)33)38-21-11-20-36-29-15-9-8-14-28(29)35-30(36)16-7-4-10-19-34-31(37)18-17-26-12-5-3-6-13-26/h3,5-6,8-9,12-15,22-23H,4,7,10-11,16-21H2,1-2H3,(H,34,37). The van der Waals surface area contributed by atoms with E-state index in [0.717, 1.165) is 84.9 Å². The number of fused-ring (bicyclic) bond motifs is 1. The molecule has 0 aliphatic heterocycles. The summed E-state index contributed by atoms with van der Waals surface area (Å²) in [5, 5.41) is 3.86. The SMILES string of the molecule is Cc1cc(OCCCn2c(CCCCCNC(=O)CCc3ccccc3)nc3ccccc32)cc(C)c1Cl. The van der Waals surface area contributed by atoms with Crippen molar-refractivity contribution < 1.29 is 9.53 Å². The highest BCUT2D eigenvalue weighted by molar-refractivity contribution is 6.32. The summed E-state index contributed by atoms with van der Waals surface area (Å²) in [7, 11) is 0. The molecule has 0 aliphatic rings. The molecule has 1 heterocycles. The molecule has 1 amide bonds. The minimum atomic E-state index is 0.127. The Morgan fingerprint density at radius 1 is 0.921 bits per heavy atom. The molecule has 0 fully saturated rings. The first kappa shape index (κ1) is 27.7. The van der Waals surface area contributed by atoms with Crippen LogP contribution < -0.4 is 10.1 Å². The number of carbonyl (C=O) groups excluding carboxylic acids is 1. The summed E-state index contributed by atoms with van der Waals surface area (Å²) in [6.45, 7) is 6.23. The van der Waals surface area contributed by atoms with E-state index in [9.17, 15) is 4.79 Å². The number of rotatable bonds is 14. The fourth-order valence-electron chi connectivity index (χ4n) is 4.77. The highest BCUT2D eigenvalue weighted by Gasteiger charge is 2.11. The number of nitrogens with zero attached hydrogens (tertiary/aromatic N) is 2. The molecule has 0 unspecified atom stereocenters. The molecule has 0 aliphatic carbocycles. The predicted molar refractivity (Wildman–Crippen MR) is 156 cm³/mol. The maximum Gasteiger partial charge on any atom is 0.220 e. The van der Waals surface area contributed by atoms with Crippen LogP contribution in [0.3, 0.4) is 0 Å². The number of para-hydroxylation sites is 2. The first-order valence-corrected chi connectivity index (χ1v) is 14.0. The molecule has 0 radical (unpaired) electrons. The number of carbonyl (C=O) groups is 1. The number of ether oxygens (including phenoxy) is 1. The summed E-state index contributed by atoms with van der Waals surface area (Å²) < 4.78 is 8.37. The summed E-state index contributed by atoms with van der Waals surface area (Å²) in [5.41, 5.74) is 5.49. The smallest absolute Gasteiger partial charge is 0.220 e. The molecule has 3 aromatic carbocycles. The molecule has 4 aromatic rings. The zero-order valence-corrected chi connectivity index (χ0v) is 23.3. The number of halogens is 1. The number of imidazole rings is 1. The number of unbranched alkanes of at least 4 members (excludes halogenated alkanes) is 2. The molecule has 0 bridgehead atoms. The number of aromatic nitrogens is 2. The van der Waals surface area contributed by atoms with E-state index in [0.29, 0.717) is 13.0 Å². The van der Waals surface area contributed by atoms with Crippen molar-refractivity contribution in [1.29, 1.82) is 0 Å². The quantitative estimate of drug-likeness (QED) is 0.174. The molecule has 0 atom stereocenters. The van der Waals surface area contributed by atoms with Crippen LogP contribution in [0.5, 0.6) is 5.75 Å². The Balaban J connectivity index is 1.21. The van der Waals surface area contributed by atoms with E-state index in [4.69, 9.17) is 21.3 Å². The molecule has 0 saturated carbocycles. The zero-order valence-electron chi connectivity index (χ0n) is 22.5. The number of hydrogen-bond acceptors (Lipinski definition) is 3. The van der Waals surface area contributed by atoms with Crippen LogP contribution in [0.25, 0.3) is 11.0 Å². The van der Waals surface area contributed by atoms with Crippen LogP contribution in [0.1, 0.15) is 54.6 Å². The first-order chi connectivity index (χ1) is 18.5. The van der Waals surface area contributed by atoms with Gasteiger partial charge in [-0.1, -0.05) is 60.5 Å². The second-order valence-corrected chi connectivity index (χ2v) is 10.3. The summed E-state index contributed by atoms with van der Waals surface area (Å²) >= 11 is 6.28. The first-order valence-electron chi connectivity index (χ1n) is 13.7. The number of nitrogens with one attached hydrogen (secondary N) is 1. The normalized spacial score (nSPS) is 11.1. The van der Waals surface area contributed by atoms with Crippen molar-refractivity contribution >= 4 is 28.5 Å². The molecule has 6 heteroatoms. The molecular formula is C32H38ClN3O2. The third-order valence-corrected chi connectivity index (χ3v) is 7.42. The fraction of sp³-hybridized carbons (Fsp3) is 0.375. The maximum absolute atomic E-state index is 12.1. The lowest BCUT2D eigenvalue weighted by atomic mass is 10.1. The Morgan fingerprint density at radius 2 is 1.66 bits per heavy atom. The van der Waals surface area contributed by atoms with Gasteiger partial charge in [-0.25, -0.2) is 4.98 Å². The van der Waals surface area contributed by atoms with Gasteiger partial charge in [0.25, 0.3) is 0 Å². The minimum absolute atomic E-state index is 0.127. The summed E-state index contributed by atoms with van der Waals surface area (Å²) in [6.07, 6.45) is 6.21. The van der Waals surface area contributed by atoms with Crippen molar-refractivity contribution in [1.82, 2.24) is 14.9 Å². The lowest BCUT2D eigenvalue weighted by molar-refractivity contribution is -0.121. The van der Waals surface area contributed by atoms with E-state index in [-0.39, 0.29) is 5.91 Å². The molecular weight excluding hydrogens is 494 g/mol. The second-order valence-electron chi connectivity index (χ2n) is 9.89. The Labute approximate surface area is 231 Å². The summed E-state index contributed by atoms with van der Waals surface area (Å²) in [6, 6.07) is 22.5. The van der Waals surface area contributed by atoms with Crippen molar-refractivity contribution in [3.63, 3.8) is 0 Å². The molecule has 0 spiro atoms. The second kappa shape index (κ2) is 14.0. The molecule has 1 aromatic heterocycles. The largest absolute Gasteiger partial charge is 0.494 e. The van der Waals surface area contributed by atoms with Crippen LogP contribution in [-0.4, -0.2) is 28.6 Å². The minimum Gasteiger partial charge on any atom is -0.494 e. The van der Waals surface area contributed by atoms with Gasteiger partial charge in [-0.2, -0.15) is 0 Å². The van der Waals surface area contributed by atoms with Gasteiger partial charge in [0.15, 0.2) is 0 Å². The van der Waals surface area contributed by atoms with E-state index in [1.807, 2.05) is 50.2 Å². The van der Waals surface area contributed by atoms with E-state index in [1.165, 1.54) is 11.1 Å². The van der Waals surface area contributed by atoms with E-state index >= 15 is 0 Å². The van der Waals surface area contributed by atoms with Crippen molar-refractivity contribution in [2.75, 3.05) is 13.2 Å². The van der Waals surface area contributed by atoms with Gasteiger partial charge < -0.3 is 14.6 Å². The van der Waals surface area contributed by atoms with Gasteiger partial charge >= 0.3 is 0 Å². The highest BCUT2D eigenvalue weighted by Crippen LogP contribution is 2.26. The molecule has 1 N–H and O–H groups in total. The average molecular weight is 532 g/mol. The van der Waals surface area contributed by atoms with Crippen molar-refractivity contribution in [2.24, 2.45) is 0 Å². The topological polar surface area (TPSA) is 56.1 Å². The average Bonchev–Trinajstić information content (AvgIpc) is 3.28. The van der Waals surface area contributed by atoms with Crippen LogP contribution in [0.2, 0.25) is 5.02 Å². The van der Waals surface area contributed by atoms with Crippen LogP contribution in [0.15, 0.2) is 66.7 Å². The van der Waals surface area contributed by atoms with E-state index in [1.54, 1.807) is 0 Å². The van der Waals surface area contributed by atoms with Crippen molar-refractivity contribution in [3.05, 3.63) is 94.3 Å². The van der Waals surface area contributed by atoms with Gasteiger partial charge in [-0.05, 0) is 80.5 Å². The number of aryl methyl sites for hydroxylation is 5. The van der Waals surface area contributed by atoms with Crippen LogP contribution in [-0.2, 0) is 24.2 Å². The molecule has 5 nitrogen and oxygen atoms in total. The molecule has 38 heavy (non-hydrogen) atoms. The fourth-order valence-corrected chi connectivity index (χ4v) is 4.88. The Kier molecular flexibility index (Phi) is 10.2. The highest BCUT2D eigenvalue weighted by atomic mass is 35.5. The summed E-state index contributed by atoms with van der Waals surface area (Å²) in [5.74, 6) is 2.12. The molecule has 0 saturated heterocycles. The molecule has 4 rings (SSSR count). The number of amides is 1. The number of hydrogen-bond donors (Lipinski definition) is 1. The van der Waals surface area contributed by atoms with Gasteiger partial charge in [0.05, 0.1) is 17.6 Å². The third-order valence-electron chi connectivity index (χ3n) is 6.82. The number of benzene rings is 3. The Hall–Kier alpha value is -3.31. The van der Waals surface area contributed by atoms with Gasteiger partial charge in [0.1, 0.15) is 11.6 Å². The van der Waals surface area contributed by atoms with Crippen molar-refractivity contribution in [3.8, 4) is 5.75 Å². The van der Waals surface area contributed by atoms with E-state index in [2.05, 4.69) is 40.2 Å². The van der Waals surface area contributed by atoms with Crippen molar-refractivity contribution in [2.45, 2.75) is 65.3 Å². The van der Waals surface area contributed by atoms with Gasteiger partial charge in [0, 0.05) is 31.0 Å². The van der Waals surface area contributed by atoms with Crippen LogP contribution in [0.4, 0.5) is 0 Å². The Bertz CT molecular complexity index is 1310. The lowest BCUT2D eigenvalue weighted by Crippen LogP contribution is -2.24. The third kappa shape index (κ3) is 7.84. The predicted octanol–water partition coefficient (Wildman–Crippen LogP) is 7.24. The van der Waals surface area contributed by atoms with Crippen LogP contribution >= 0.6 is 11.6 Å². The van der Waals surface area contributed by atoms with Gasteiger partial charge in [-0.15, -0.1) is 0 Å². The van der Waals surface area contributed by atoms with E-state index < -0.39 is 0 Å². The monoisotopic (exact) mass is 531 g/mol.